The lowest BCUT2D eigenvalue weighted by molar-refractivity contribution is 0.395. The summed E-state index contributed by atoms with van der Waals surface area (Å²) in [6.45, 7) is 2.75. The van der Waals surface area contributed by atoms with Crippen LogP contribution in [0.4, 0.5) is 17.5 Å². The summed E-state index contributed by atoms with van der Waals surface area (Å²) >= 11 is 3.43. The van der Waals surface area contributed by atoms with Gasteiger partial charge in [0.05, 0.1) is 18.7 Å². The Hall–Kier alpha value is -2.02. The van der Waals surface area contributed by atoms with Gasteiger partial charge in [0.1, 0.15) is 17.3 Å². The molecule has 112 valence electrons. The molecule has 2 N–H and O–H groups in total. The SMILES string of the molecule is CCNc1ncc(Br)c(Nc2cc(OC)cc(OC)c2)n1. The fraction of sp³-hybridized carbons (Fsp3) is 0.286. The molecular formula is C14H17BrN4O2. The van der Waals surface area contributed by atoms with Gasteiger partial charge in [-0.3, -0.25) is 0 Å². The Kier molecular flexibility index (Phi) is 5.21. The smallest absolute Gasteiger partial charge is 0.224 e. The summed E-state index contributed by atoms with van der Waals surface area (Å²) in [5.74, 6) is 2.64. The highest BCUT2D eigenvalue weighted by atomic mass is 79.9. The summed E-state index contributed by atoms with van der Waals surface area (Å²) in [6.07, 6.45) is 1.70. The van der Waals surface area contributed by atoms with Crippen LogP contribution in [0.15, 0.2) is 28.9 Å². The van der Waals surface area contributed by atoms with Crippen molar-refractivity contribution in [3.05, 3.63) is 28.9 Å². The van der Waals surface area contributed by atoms with Gasteiger partial charge >= 0.3 is 0 Å². The Labute approximate surface area is 132 Å². The van der Waals surface area contributed by atoms with Crippen LogP contribution in [0.2, 0.25) is 0 Å². The third-order valence-electron chi connectivity index (χ3n) is 2.69. The molecular weight excluding hydrogens is 336 g/mol. The van der Waals surface area contributed by atoms with Crippen molar-refractivity contribution in [2.45, 2.75) is 6.92 Å². The van der Waals surface area contributed by atoms with Gasteiger partial charge in [-0.1, -0.05) is 0 Å². The predicted molar refractivity (Wildman–Crippen MR) is 86.7 cm³/mol. The zero-order chi connectivity index (χ0) is 15.2. The number of hydrogen-bond donors (Lipinski definition) is 2. The number of rotatable bonds is 6. The monoisotopic (exact) mass is 352 g/mol. The van der Waals surface area contributed by atoms with Crippen molar-refractivity contribution in [1.29, 1.82) is 0 Å². The topological polar surface area (TPSA) is 68.3 Å². The van der Waals surface area contributed by atoms with E-state index in [0.29, 0.717) is 23.3 Å². The van der Waals surface area contributed by atoms with E-state index in [1.165, 1.54) is 0 Å². The van der Waals surface area contributed by atoms with Gasteiger partial charge in [-0.15, -0.1) is 0 Å². The number of hydrogen-bond acceptors (Lipinski definition) is 6. The van der Waals surface area contributed by atoms with E-state index in [9.17, 15) is 0 Å². The van der Waals surface area contributed by atoms with E-state index in [2.05, 4.69) is 36.5 Å². The van der Waals surface area contributed by atoms with Crippen LogP contribution >= 0.6 is 15.9 Å². The van der Waals surface area contributed by atoms with Gasteiger partial charge in [0.15, 0.2) is 0 Å². The number of aromatic nitrogens is 2. The summed E-state index contributed by atoms with van der Waals surface area (Å²) < 4.78 is 11.3. The number of nitrogens with zero attached hydrogens (tertiary/aromatic N) is 2. The molecule has 0 aliphatic rings. The van der Waals surface area contributed by atoms with Crippen molar-refractivity contribution >= 4 is 33.4 Å². The fourth-order valence-electron chi connectivity index (χ4n) is 1.71. The standard InChI is InChI=1S/C14H17BrN4O2/c1-4-16-14-17-8-12(15)13(19-14)18-9-5-10(20-2)7-11(6-9)21-3/h5-8H,4H2,1-3H3,(H2,16,17,18,19). The van der Waals surface area contributed by atoms with Gasteiger partial charge < -0.3 is 20.1 Å². The van der Waals surface area contributed by atoms with Gasteiger partial charge in [0, 0.05) is 36.6 Å². The van der Waals surface area contributed by atoms with Crippen molar-refractivity contribution in [2.24, 2.45) is 0 Å². The second-order valence-electron chi connectivity index (χ2n) is 4.15. The van der Waals surface area contributed by atoms with Crippen LogP contribution in [0, 0.1) is 0 Å². The van der Waals surface area contributed by atoms with E-state index in [4.69, 9.17) is 9.47 Å². The molecule has 0 aliphatic heterocycles. The molecule has 0 unspecified atom stereocenters. The van der Waals surface area contributed by atoms with Gasteiger partial charge in [-0.25, -0.2) is 4.98 Å². The van der Waals surface area contributed by atoms with E-state index >= 15 is 0 Å². The van der Waals surface area contributed by atoms with E-state index in [-0.39, 0.29) is 0 Å². The Bertz CT molecular complexity index is 600. The molecule has 0 atom stereocenters. The molecule has 0 fully saturated rings. The lowest BCUT2D eigenvalue weighted by atomic mass is 10.2. The predicted octanol–water partition coefficient (Wildman–Crippen LogP) is 3.43. The van der Waals surface area contributed by atoms with E-state index in [1.807, 2.05) is 25.1 Å². The molecule has 0 aliphatic carbocycles. The highest BCUT2D eigenvalue weighted by Crippen LogP contribution is 2.30. The zero-order valence-electron chi connectivity index (χ0n) is 12.1. The number of methoxy groups -OCH3 is 2. The van der Waals surface area contributed by atoms with Crippen molar-refractivity contribution in [1.82, 2.24) is 9.97 Å². The minimum absolute atomic E-state index is 0.568. The molecule has 0 radical (unpaired) electrons. The molecule has 2 rings (SSSR count). The lowest BCUT2D eigenvalue weighted by Crippen LogP contribution is -2.04. The number of anilines is 3. The summed E-state index contributed by atoms with van der Waals surface area (Å²) in [6, 6.07) is 5.54. The Morgan fingerprint density at radius 3 is 2.38 bits per heavy atom. The third kappa shape index (κ3) is 3.98. The van der Waals surface area contributed by atoms with Crippen molar-refractivity contribution in [3.8, 4) is 11.5 Å². The highest BCUT2D eigenvalue weighted by Gasteiger charge is 2.07. The summed E-state index contributed by atoms with van der Waals surface area (Å²) in [4.78, 5) is 8.59. The van der Waals surface area contributed by atoms with Crippen LogP contribution in [0.25, 0.3) is 0 Å². The minimum atomic E-state index is 0.568. The molecule has 0 saturated carbocycles. The van der Waals surface area contributed by atoms with Crippen molar-refractivity contribution in [2.75, 3.05) is 31.4 Å². The van der Waals surface area contributed by atoms with Gasteiger partial charge in [-0.2, -0.15) is 4.98 Å². The summed E-state index contributed by atoms with van der Waals surface area (Å²) in [5, 5.41) is 6.30. The number of benzene rings is 1. The third-order valence-corrected chi connectivity index (χ3v) is 3.27. The average molecular weight is 353 g/mol. The first-order chi connectivity index (χ1) is 10.2. The maximum Gasteiger partial charge on any atom is 0.224 e. The molecule has 0 spiro atoms. The van der Waals surface area contributed by atoms with Crippen LogP contribution < -0.4 is 20.1 Å². The second kappa shape index (κ2) is 7.12. The van der Waals surface area contributed by atoms with Gasteiger partial charge in [0.2, 0.25) is 5.95 Å². The maximum absolute atomic E-state index is 5.25. The van der Waals surface area contributed by atoms with Crippen molar-refractivity contribution in [3.63, 3.8) is 0 Å². The first kappa shape index (κ1) is 15.4. The van der Waals surface area contributed by atoms with Crippen LogP contribution in [0.1, 0.15) is 6.92 Å². The van der Waals surface area contributed by atoms with Gasteiger partial charge in [-0.05, 0) is 22.9 Å². The van der Waals surface area contributed by atoms with E-state index in [1.54, 1.807) is 20.4 Å². The molecule has 21 heavy (non-hydrogen) atoms. The molecule has 0 saturated heterocycles. The number of nitrogens with one attached hydrogen (secondary N) is 2. The highest BCUT2D eigenvalue weighted by molar-refractivity contribution is 9.10. The Morgan fingerprint density at radius 2 is 1.81 bits per heavy atom. The van der Waals surface area contributed by atoms with Crippen LogP contribution in [0.5, 0.6) is 11.5 Å². The fourth-order valence-corrected chi connectivity index (χ4v) is 2.00. The lowest BCUT2D eigenvalue weighted by Gasteiger charge is -2.12. The Morgan fingerprint density at radius 1 is 1.14 bits per heavy atom. The molecule has 0 bridgehead atoms. The summed E-state index contributed by atoms with van der Waals surface area (Å²) in [5.41, 5.74) is 0.813. The van der Waals surface area contributed by atoms with E-state index in [0.717, 1.165) is 16.7 Å². The van der Waals surface area contributed by atoms with Crippen LogP contribution in [-0.4, -0.2) is 30.7 Å². The van der Waals surface area contributed by atoms with Crippen molar-refractivity contribution < 1.29 is 9.47 Å². The molecule has 0 amide bonds. The molecule has 2 aromatic rings. The largest absolute Gasteiger partial charge is 0.497 e. The molecule has 1 aromatic heterocycles. The average Bonchev–Trinajstić information content (AvgIpc) is 2.50. The normalized spacial score (nSPS) is 10.1. The molecule has 6 nitrogen and oxygen atoms in total. The molecule has 1 aromatic carbocycles. The summed E-state index contributed by atoms with van der Waals surface area (Å²) in [7, 11) is 3.23. The number of halogens is 1. The first-order valence-electron chi connectivity index (χ1n) is 6.42. The Balaban J connectivity index is 2.30. The first-order valence-corrected chi connectivity index (χ1v) is 7.22. The zero-order valence-corrected chi connectivity index (χ0v) is 13.7. The second-order valence-corrected chi connectivity index (χ2v) is 5.00. The van der Waals surface area contributed by atoms with Gasteiger partial charge in [0.25, 0.3) is 0 Å². The minimum Gasteiger partial charge on any atom is -0.497 e. The molecule has 7 heteroatoms. The maximum atomic E-state index is 5.25. The van der Waals surface area contributed by atoms with Crippen LogP contribution in [0.3, 0.4) is 0 Å². The molecule has 1 heterocycles. The van der Waals surface area contributed by atoms with Crippen LogP contribution in [-0.2, 0) is 0 Å². The van der Waals surface area contributed by atoms with E-state index < -0.39 is 0 Å². The quantitative estimate of drug-likeness (QED) is 0.829. The number of ether oxygens (including phenoxy) is 2.